The lowest BCUT2D eigenvalue weighted by molar-refractivity contribution is 0.0254. The van der Waals surface area contributed by atoms with Gasteiger partial charge in [-0.05, 0) is 31.6 Å². The Morgan fingerprint density at radius 2 is 2.14 bits per heavy atom. The first-order chi connectivity index (χ1) is 6.77. The average Bonchev–Trinajstić information content (AvgIpc) is 2.18. The Balaban J connectivity index is 2.22. The van der Waals surface area contributed by atoms with E-state index in [9.17, 15) is 0 Å². The predicted octanol–water partition coefficient (Wildman–Crippen LogP) is 1.86. The van der Waals surface area contributed by atoms with Crippen molar-refractivity contribution in [2.45, 2.75) is 12.5 Å². The van der Waals surface area contributed by atoms with E-state index in [-0.39, 0.29) is 6.10 Å². The van der Waals surface area contributed by atoms with Gasteiger partial charge in [0.1, 0.15) is 0 Å². The molecule has 1 atom stereocenters. The predicted molar refractivity (Wildman–Crippen MR) is 57.4 cm³/mol. The monoisotopic (exact) mass is 191 g/mol. The van der Waals surface area contributed by atoms with E-state index >= 15 is 0 Å². The van der Waals surface area contributed by atoms with E-state index in [1.165, 1.54) is 11.1 Å². The Morgan fingerprint density at radius 1 is 1.36 bits per heavy atom. The van der Waals surface area contributed by atoms with E-state index in [0.29, 0.717) is 0 Å². The molecule has 0 bridgehead atoms. The standard InChI is InChI=1S/C12H17NO/c1-13(2)9-12-11-6-4-3-5-10(11)7-8-14-12/h3-6,12H,7-9H2,1-2H3/t12-/m0/s1. The molecule has 1 aromatic rings. The van der Waals surface area contributed by atoms with Crippen LogP contribution in [-0.4, -0.2) is 32.1 Å². The van der Waals surface area contributed by atoms with E-state index in [1.807, 2.05) is 0 Å². The zero-order valence-corrected chi connectivity index (χ0v) is 8.86. The second-order valence-electron chi connectivity index (χ2n) is 4.07. The average molecular weight is 191 g/mol. The minimum atomic E-state index is 0.259. The molecule has 14 heavy (non-hydrogen) atoms. The molecule has 1 heterocycles. The molecule has 2 heteroatoms. The van der Waals surface area contributed by atoms with Crippen LogP contribution in [0.3, 0.4) is 0 Å². The number of likely N-dealkylation sites (N-methyl/N-ethyl adjacent to an activating group) is 1. The summed E-state index contributed by atoms with van der Waals surface area (Å²) in [6.07, 6.45) is 1.31. The maximum Gasteiger partial charge on any atom is 0.0954 e. The van der Waals surface area contributed by atoms with Gasteiger partial charge in [0.15, 0.2) is 0 Å². The second kappa shape index (κ2) is 4.11. The van der Waals surface area contributed by atoms with Gasteiger partial charge >= 0.3 is 0 Å². The number of nitrogens with zero attached hydrogens (tertiary/aromatic N) is 1. The van der Waals surface area contributed by atoms with E-state index in [0.717, 1.165) is 19.6 Å². The number of rotatable bonds is 2. The molecule has 1 aliphatic heterocycles. The number of ether oxygens (including phenoxy) is 1. The van der Waals surface area contributed by atoms with Crippen molar-refractivity contribution in [3.05, 3.63) is 35.4 Å². The molecule has 0 fully saturated rings. The lowest BCUT2D eigenvalue weighted by Gasteiger charge is -2.28. The van der Waals surface area contributed by atoms with Crippen molar-refractivity contribution in [1.82, 2.24) is 4.90 Å². The van der Waals surface area contributed by atoms with E-state index < -0.39 is 0 Å². The van der Waals surface area contributed by atoms with Crippen LogP contribution < -0.4 is 0 Å². The van der Waals surface area contributed by atoms with Crippen LogP contribution in [0.1, 0.15) is 17.2 Å². The highest BCUT2D eigenvalue weighted by Crippen LogP contribution is 2.26. The van der Waals surface area contributed by atoms with Crippen molar-refractivity contribution in [3.63, 3.8) is 0 Å². The third kappa shape index (κ3) is 1.97. The van der Waals surface area contributed by atoms with Crippen molar-refractivity contribution in [2.24, 2.45) is 0 Å². The van der Waals surface area contributed by atoms with E-state index in [2.05, 4.69) is 43.3 Å². The molecular formula is C12H17NO. The molecule has 0 spiro atoms. The first-order valence-corrected chi connectivity index (χ1v) is 5.11. The molecule has 0 aromatic heterocycles. The fourth-order valence-corrected chi connectivity index (χ4v) is 1.96. The quantitative estimate of drug-likeness (QED) is 0.707. The van der Waals surface area contributed by atoms with Gasteiger partial charge < -0.3 is 9.64 Å². The molecular weight excluding hydrogens is 174 g/mol. The van der Waals surface area contributed by atoms with Crippen LogP contribution in [0.2, 0.25) is 0 Å². The molecule has 1 aromatic carbocycles. The Morgan fingerprint density at radius 3 is 2.93 bits per heavy atom. The molecule has 0 amide bonds. The number of benzene rings is 1. The summed E-state index contributed by atoms with van der Waals surface area (Å²) in [5.74, 6) is 0. The van der Waals surface area contributed by atoms with Gasteiger partial charge in [0.25, 0.3) is 0 Å². The second-order valence-corrected chi connectivity index (χ2v) is 4.07. The lowest BCUT2D eigenvalue weighted by Crippen LogP contribution is -2.26. The molecule has 0 saturated heterocycles. The van der Waals surface area contributed by atoms with Gasteiger partial charge in [-0.15, -0.1) is 0 Å². The Labute approximate surface area is 85.5 Å². The van der Waals surface area contributed by atoms with Crippen LogP contribution in [0.5, 0.6) is 0 Å². The Bertz CT molecular complexity index is 309. The summed E-state index contributed by atoms with van der Waals surface area (Å²) in [5.41, 5.74) is 2.82. The topological polar surface area (TPSA) is 12.5 Å². The van der Waals surface area contributed by atoms with Gasteiger partial charge in [0, 0.05) is 6.54 Å². The first kappa shape index (κ1) is 9.69. The third-order valence-corrected chi connectivity index (χ3v) is 2.62. The van der Waals surface area contributed by atoms with Crippen LogP contribution in [-0.2, 0) is 11.2 Å². The normalized spacial score (nSPS) is 20.9. The molecule has 2 nitrogen and oxygen atoms in total. The summed E-state index contributed by atoms with van der Waals surface area (Å²) in [7, 11) is 4.17. The highest BCUT2D eigenvalue weighted by Gasteiger charge is 2.20. The molecule has 0 unspecified atom stereocenters. The highest BCUT2D eigenvalue weighted by molar-refractivity contribution is 5.31. The maximum absolute atomic E-state index is 5.77. The molecule has 1 aliphatic rings. The minimum Gasteiger partial charge on any atom is -0.372 e. The fraction of sp³-hybridized carbons (Fsp3) is 0.500. The van der Waals surface area contributed by atoms with Gasteiger partial charge in [-0.1, -0.05) is 24.3 Å². The Hall–Kier alpha value is -0.860. The number of fused-ring (bicyclic) bond motifs is 1. The van der Waals surface area contributed by atoms with Crippen LogP contribution in [0.15, 0.2) is 24.3 Å². The molecule has 0 N–H and O–H groups in total. The first-order valence-electron chi connectivity index (χ1n) is 5.11. The Kier molecular flexibility index (Phi) is 2.85. The summed E-state index contributed by atoms with van der Waals surface area (Å²) in [4.78, 5) is 2.17. The van der Waals surface area contributed by atoms with Crippen LogP contribution >= 0.6 is 0 Å². The van der Waals surface area contributed by atoms with Crippen molar-refractivity contribution in [2.75, 3.05) is 27.2 Å². The number of hydrogen-bond donors (Lipinski definition) is 0. The van der Waals surface area contributed by atoms with Crippen LogP contribution in [0, 0.1) is 0 Å². The number of hydrogen-bond acceptors (Lipinski definition) is 2. The fourth-order valence-electron chi connectivity index (χ4n) is 1.96. The summed E-state index contributed by atoms with van der Waals surface area (Å²) in [5, 5.41) is 0. The van der Waals surface area contributed by atoms with Gasteiger partial charge in [-0.2, -0.15) is 0 Å². The lowest BCUT2D eigenvalue weighted by atomic mass is 9.97. The van der Waals surface area contributed by atoms with E-state index in [1.54, 1.807) is 0 Å². The minimum absolute atomic E-state index is 0.259. The summed E-state index contributed by atoms with van der Waals surface area (Å²) in [6, 6.07) is 8.59. The van der Waals surface area contributed by atoms with Gasteiger partial charge in [-0.3, -0.25) is 0 Å². The SMILES string of the molecule is CN(C)C[C@@H]1OCCc2ccccc21. The van der Waals surface area contributed by atoms with Crippen molar-refractivity contribution >= 4 is 0 Å². The smallest absolute Gasteiger partial charge is 0.0954 e. The van der Waals surface area contributed by atoms with Gasteiger partial charge in [0.2, 0.25) is 0 Å². The van der Waals surface area contributed by atoms with E-state index in [4.69, 9.17) is 4.74 Å². The zero-order chi connectivity index (χ0) is 9.97. The molecule has 0 aliphatic carbocycles. The van der Waals surface area contributed by atoms with Crippen LogP contribution in [0.25, 0.3) is 0 Å². The van der Waals surface area contributed by atoms with Gasteiger partial charge in [0.05, 0.1) is 12.7 Å². The van der Waals surface area contributed by atoms with Gasteiger partial charge in [-0.25, -0.2) is 0 Å². The molecule has 0 radical (unpaired) electrons. The van der Waals surface area contributed by atoms with Crippen molar-refractivity contribution in [3.8, 4) is 0 Å². The summed E-state index contributed by atoms with van der Waals surface area (Å²) >= 11 is 0. The third-order valence-electron chi connectivity index (χ3n) is 2.62. The molecule has 2 rings (SSSR count). The van der Waals surface area contributed by atoms with Crippen molar-refractivity contribution < 1.29 is 4.74 Å². The highest BCUT2D eigenvalue weighted by atomic mass is 16.5. The maximum atomic E-state index is 5.77. The zero-order valence-electron chi connectivity index (χ0n) is 8.86. The van der Waals surface area contributed by atoms with Crippen LogP contribution in [0.4, 0.5) is 0 Å². The molecule has 76 valence electrons. The summed E-state index contributed by atoms with van der Waals surface area (Å²) < 4.78 is 5.77. The largest absolute Gasteiger partial charge is 0.372 e. The summed E-state index contributed by atoms with van der Waals surface area (Å²) in [6.45, 7) is 1.83. The molecule has 0 saturated carbocycles. The van der Waals surface area contributed by atoms with Crippen molar-refractivity contribution in [1.29, 1.82) is 0 Å².